The van der Waals surface area contributed by atoms with Crippen molar-refractivity contribution in [3.63, 3.8) is 0 Å². The Morgan fingerprint density at radius 1 is 1.43 bits per heavy atom. The molecule has 0 saturated heterocycles. The van der Waals surface area contributed by atoms with E-state index in [-0.39, 0.29) is 5.97 Å². The largest absolute Gasteiger partial charge is 0.336 e. The fourth-order valence-electron chi connectivity index (χ4n) is 2.22. The van der Waals surface area contributed by atoms with Gasteiger partial charge in [-0.05, 0) is 47.0 Å². The van der Waals surface area contributed by atoms with E-state index in [4.69, 9.17) is 10.1 Å². The molecule has 0 saturated carbocycles. The highest BCUT2D eigenvalue weighted by Gasteiger charge is 2.17. The second kappa shape index (κ2) is 6.77. The van der Waals surface area contributed by atoms with Crippen LogP contribution in [0.3, 0.4) is 0 Å². The second-order valence-electron chi connectivity index (χ2n) is 4.82. The van der Waals surface area contributed by atoms with Crippen molar-refractivity contribution in [2.75, 3.05) is 0 Å². The van der Waals surface area contributed by atoms with Crippen LogP contribution in [0, 0.1) is 11.3 Å². The Morgan fingerprint density at radius 2 is 2.19 bits per heavy atom. The van der Waals surface area contributed by atoms with Crippen LogP contribution in [0.25, 0.3) is 10.9 Å². The third-order valence-electron chi connectivity index (χ3n) is 3.34. The average Bonchev–Trinajstić information content (AvgIpc) is 2.76. The fraction of sp³-hybridized carbons (Fsp3) is 0.375. The van der Waals surface area contributed by atoms with Gasteiger partial charge >= 0.3 is 5.97 Å². The summed E-state index contributed by atoms with van der Waals surface area (Å²) in [6, 6.07) is 7.46. The lowest BCUT2D eigenvalue weighted by molar-refractivity contribution is -0.144. The van der Waals surface area contributed by atoms with Crippen molar-refractivity contribution < 1.29 is 9.63 Å². The molecule has 0 N–H and O–H groups in total. The molecule has 5 heteroatoms. The van der Waals surface area contributed by atoms with Crippen molar-refractivity contribution >= 4 is 32.8 Å². The number of carbonyl (C=O) groups excluding carboxylic acids is 1. The zero-order chi connectivity index (χ0) is 15.4. The molecule has 0 aliphatic heterocycles. The van der Waals surface area contributed by atoms with Gasteiger partial charge in [-0.15, -0.1) is 0 Å². The number of carbonyl (C=O) groups is 1. The van der Waals surface area contributed by atoms with E-state index in [2.05, 4.69) is 22.0 Å². The van der Waals surface area contributed by atoms with Gasteiger partial charge in [-0.1, -0.05) is 20.3 Å². The first-order valence-electron chi connectivity index (χ1n) is 7.06. The first-order chi connectivity index (χ1) is 10.1. The minimum Gasteiger partial charge on any atom is -0.336 e. The molecule has 1 heterocycles. The summed E-state index contributed by atoms with van der Waals surface area (Å²) in [5.74, 6) is -0.236. The van der Waals surface area contributed by atoms with Gasteiger partial charge in [-0.3, -0.25) is 0 Å². The number of aromatic nitrogens is 1. The summed E-state index contributed by atoms with van der Waals surface area (Å²) in [4.78, 5) is 17.4. The number of benzene rings is 1. The summed E-state index contributed by atoms with van der Waals surface area (Å²) in [7, 11) is 0. The fourth-order valence-corrected chi connectivity index (χ4v) is 2.98. The number of halogens is 1. The number of nitriles is 1. The molecular weight excluding hydrogens is 332 g/mol. The molecule has 0 radical (unpaired) electrons. The Kier molecular flexibility index (Phi) is 5.03. The van der Waals surface area contributed by atoms with E-state index in [9.17, 15) is 4.79 Å². The van der Waals surface area contributed by atoms with Gasteiger partial charge in [-0.2, -0.15) is 9.99 Å². The minimum absolute atomic E-state index is 0.236. The second-order valence-corrected chi connectivity index (χ2v) is 5.61. The first-order valence-corrected chi connectivity index (χ1v) is 7.85. The molecule has 110 valence electrons. The summed E-state index contributed by atoms with van der Waals surface area (Å²) in [5.41, 5.74) is 2.27. The maximum atomic E-state index is 11.9. The van der Waals surface area contributed by atoms with Crippen LogP contribution >= 0.6 is 15.9 Å². The normalized spacial score (nSPS) is 10.6. The van der Waals surface area contributed by atoms with Gasteiger partial charge in [0.1, 0.15) is 0 Å². The summed E-state index contributed by atoms with van der Waals surface area (Å²) < 4.78 is 2.46. The van der Waals surface area contributed by atoms with Gasteiger partial charge in [0, 0.05) is 16.3 Å². The van der Waals surface area contributed by atoms with Gasteiger partial charge in [0.15, 0.2) is 0 Å². The SMILES string of the molecule is CCCCC(=O)On1c(CC)c(Br)c2cc(C#N)ccc21. The van der Waals surface area contributed by atoms with Gasteiger partial charge < -0.3 is 4.84 Å². The van der Waals surface area contributed by atoms with Crippen LogP contribution < -0.4 is 4.84 Å². The summed E-state index contributed by atoms with van der Waals surface area (Å²) in [5, 5.41) is 9.89. The van der Waals surface area contributed by atoms with Crippen molar-refractivity contribution in [1.82, 2.24) is 4.73 Å². The molecule has 0 aliphatic carbocycles. The van der Waals surface area contributed by atoms with Gasteiger partial charge in [-0.25, -0.2) is 4.79 Å². The lowest BCUT2D eigenvalue weighted by Crippen LogP contribution is -2.21. The topological polar surface area (TPSA) is 55.0 Å². The van der Waals surface area contributed by atoms with Gasteiger partial charge in [0.2, 0.25) is 0 Å². The van der Waals surface area contributed by atoms with Gasteiger partial charge in [0.25, 0.3) is 0 Å². The zero-order valence-corrected chi connectivity index (χ0v) is 13.7. The number of fused-ring (bicyclic) bond motifs is 1. The van der Waals surface area contributed by atoms with Gasteiger partial charge in [0.05, 0.1) is 22.8 Å². The van der Waals surface area contributed by atoms with Crippen molar-refractivity contribution in [2.45, 2.75) is 39.5 Å². The van der Waals surface area contributed by atoms with Crippen LogP contribution in [-0.4, -0.2) is 10.7 Å². The molecular formula is C16H17BrN2O2. The van der Waals surface area contributed by atoms with Crippen LogP contribution in [0.1, 0.15) is 44.4 Å². The highest BCUT2D eigenvalue weighted by Crippen LogP contribution is 2.31. The summed E-state index contributed by atoms with van der Waals surface area (Å²) in [6.45, 7) is 4.04. The molecule has 4 nitrogen and oxygen atoms in total. The Labute approximate surface area is 132 Å². The molecule has 2 rings (SSSR count). The Hall–Kier alpha value is -1.80. The van der Waals surface area contributed by atoms with Crippen LogP contribution in [0.4, 0.5) is 0 Å². The van der Waals surface area contributed by atoms with E-state index in [0.29, 0.717) is 12.0 Å². The molecule has 1 aromatic heterocycles. The Morgan fingerprint density at radius 3 is 2.81 bits per heavy atom. The number of nitrogens with zero attached hydrogens (tertiary/aromatic N) is 2. The third kappa shape index (κ3) is 3.11. The quantitative estimate of drug-likeness (QED) is 0.820. The zero-order valence-electron chi connectivity index (χ0n) is 12.1. The molecule has 0 aliphatic rings. The molecule has 21 heavy (non-hydrogen) atoms. The molecule has 0 bridgehead atoms. The molecule has 0 amide bonds. The van der Waals surface area contributed by atoms with Crippen LogP contribution in [0.5, 0.6) is 0 Å². The van der Waals surface area contributed by atoms with Crippen molar-refractivity contribution in [1.29, 1.82) is 5.26 Å². The molecule has 2 aromatic rings. The van der Waals surface area contributed by atoms with E-state index >= 15 is 0 Å². The molecule has 0 spiro atoms. The standard InChI is InChI=1S/C16H17BrN2O2/c1-3-5-6-15(20)21-19-13(4-2)16(17)12-9-11(10-18)7-8-14(12)19/h7-9H,3-6H2,1-2H3. The van der Waals surface area contributed by atoms with Crippen LogP contribution in [-0.2, 0) is 11.2 Å². The molecule has 0 fully saturated rings. The maximum Gasteiger partial charge on any atom is 0.332 e. The summed E-state index contributed by atoms with van der Waals surface area (Å²) in [6.07, 6.45) is 2.90. The van der Waals surface area contributed by atoms with Crippen LogP contribution in [0.2, 0.25) is 0 Å². The predicted molar refractivity (Wildman–Crippen MR) is 84.8 cm³/mol. The average molecular weight is 349 g/mol. The number of hydrogen-bond donors (Lipinski definition) is 0. The van der Waals surface area contributed by atoms with Crippen molar-refractivity contribution in [3.05, 3.63) is 33.9 Å². The number of unbranched alkanes of at least 4 members (excludes halogenated alkanes) is 1. The van der Waals surface area contributed by atoms with E-state index in [1.54, 1.807) is 16.9 Å². The molecule has 1 aromatic carbocycles. The lowest BCUT2D eigenvalue weighted by Gasteiger charge is -2.09. The van der Waals surface area contributed by atoms with Crippen LogP contribution in [0.15, 0.2) is 22.7 Å². The van der Waals surface area contributed by atoms with Crippen molar-refractivity contribution in [2.24, 2.45) is 0 Å². The monoisotopic (exact) mass is 348 g/mol. The highest BCUT2D eigenvalue weighted by atomic mass is 79.9. The predicted octanol–water partition coefficient (Wildman–Crippen LogP) is 3.98. The number of rotatable bonds is 5. The summed E-state index contributed by atoms with van der Waals surface area (Å²) >= 11 is 3.55. The van der Waals surface area contributed by atoms with E-state index in [1.165, 1.54) is 0 Å². The van der Waals surface area contributed by atoms with E-state index in [1.807, 2.05) is 19.9 Å². The maximum absolute atomic E-state index is 11.9. The Balaban J connectivity index is 2.47. The Bertz CT molecular complexity index is 713. The number of hydrogen-bond acceptors (Lipinski definition) is 3. The highest BCUT2D eigenvalue weighted by molar-refractivity contribution is 9.10. The molecule has 0 atom stereocenters. The molecule has 0 unspecified atom stereocenters. The first kappa shape index (κ1) is 15.6. The third-order valence-corrected chi connectivity index (χ3v) is 4.23. The van der Waals surface area contributed by atoms with E-state index < -0.39 is 0 Å². The minimum atomic E-state index is -0.236. The lowest BCUT2D eigenvalue weighted by atomic mass is 10.2. The van der Waals surface area contributed by atoms with E-state index in [0.717, 1.165) is 40.3 Å². The van der Waals surface area contributed by atoms with Crippen molar-refractivity contribution in [3.8, 4) is 6.07 Å². The smallest absolute Gasteiger partial charge is 0.332 e.